The highest BCUT2D eigenvalue weighted by molar-refractivity contribution is 7.91. The van der Waals surface area contributed by atoms with Crippen LogP contribution in [0.4, 0.5) is 0 Å². The Morgan fingerprint density at radius 3 is 2.81 bits per heavy atom. The van der Waals surface area contributed by atoms with Gasteiger partial charge in [-0.25, -0.2) is 18.1 Å². The number of aryl methyl sites for hydroxylation is 1. The van der Waals surface area contributed by atoms with Gasteiger partial charge in [0.2, 0.25) is 0 Å². The quantitative estimate of drug-likeness (QED) is 0.835. The van der Waals surface area contributed by atoms with Crippen LogP contribution >= 0.6 is 11.3 Å². The molecule has 5 nitrogen and oxygen atoms in total. The van der Waals surface area contributed by atoms with Crippen molar-refractivity contribution in [3.05, 3.63) is 11.2 Å². The average molecular weight is 261 g/mol. The Hall–Kier alpha value is -0.500. The van der Waals surface area contributed by atoms with E-state index in [0.29, 0.717) is 0 Å². The van der Waals surface area contributed by atoms with Crippen LogP contribution in [0.5, 0.6) is 0 Å². The maximum Gasteiger partial charge on any atom is 0.251 e. The molecule has 1 fully saturated rings. The van der Waals surface area contributed by atoms with Crippen LogP contribution in [0.1, 0.15) is 24.3 Å². The van der Waals surface area contributed by atoms with Crippen molar-refractivity contribution in [2.75, 3.05) is 0 Å². The minimum absolute atomic E-state index is 0.0659. The highest BCUT2D eigenvalue weighted by Crippen LogP contribution is 2.22. The fourth-order valence-electron chi connectivity index (χ4n) is 1.86. The molecule has 0 amide bonds. The minimum atomic E-state index is -3.43. The van der Waals surface area contributed by atoms with Crippen LogP contribution < -0.4 is 10.5 Å². The summed E-state index contributed by atoms with van der Waals surface area (Å²) in [6.45, 7) is 1.78. The van der Waals surface area contributed by atoms with Crippen LogP contribution in [0.2, 0.25) is 0 Å². The van der Waals surface area contributed by atoms with Gasteiger partial charge in [-0.1, -0.05) is 6.42 Å². The molecule has 0 radical (unpaired) electrons. The Bertz CT molecular complexity index is 469. The van der Waals surface area contributed by atoms with Gasteiger partial charge in [0.05, 0.1) is 11.2 Å². The molecule has 1 aromatic heterocycles. The van der Waals surface area contributed by atoms with Crippen LogP contribution in [-0.2, 0) is 10.0 Å². The number of aromatic nitrogens is 1. The first-order valence-corrected chi connectivity index (χ1v) is 7.49. The molecule has 90 valence electrons. The Kier molecular flexibility index (Phi) is 3.29. The Morgan fingerprint density at radius 1 is 1.56 bits per heavy atom. The number of thiazole rings is 1. The third-order valence-electron chi connectivity index (χ3n) is 2.74. The van der Waals surface area contributed by atoms with Gasteiger partial charge >= 0.3 is 0 Å². The molecule has 1 aromatic rings. The van der Waals surface area contributed by atoms with Gasteiger partial charge in [0, 0.05) is 12.1 Å². The van der Waals surface area contributed by atoms with Crippen molar-refractivity contribution in [3.63, 3.8) is 0 Å². The number of nitrogens with one attached hydrogen (secondary N) is 1. The average Bonchev–Trinajstić information content (AvgIpc) is 2.77. The molecule has 3 N–H and O–H groups in total. The van der Waals surface area contributed by atoms with Crippen LogP contribution in [0, 0.1) is 6.92 Å². The fourth-order valence-corrected chi connectivity index (χ4v) is 4.30. The second-order valence-corrected chi connectivity index (χ2v) is 7.20. The van der Waals surface area contributed by atoms with E-state index >= 15 is 0 Å². The number of hydrogen-bond donors (Lipinski definition) is 2. The van der Waals surface area contributed by atoms with Crippen molar-refractivity contribution in [2.24, 2.45) is 5.73 Å². The largest absolute Gasteiger partial charge is 0.326 e. The summed E-state index contributed by atoms with van der Waals surface area (Å²) in [5.41, 5.74) is 5.83. The van der Waals surface area contributed by atoms with Gasteiger partial charge in [-0.15, -0.1) is 11.3 Å². The first-order chi connectivity index (χ1) is 7.49. The molecule has 1 saturated carbocycles. The maximum atomic E-state index is 12.0. The van der Waals surface area contributed by atoms with Gasteiger partial charge in [0.25, 0.3) is 10.0 Å². The topological polar surface area (TPSA) is 85.1 Å². The molecule has 0 aromatic carbocycles. The second kappa shape index (κ2) is 4.40. The number of hydrogen-bond acceptors (Lipinski definition) is 5. The second-order valence-electron chi connectivity index (χ2n) is 4.02. The van der Waals surface area contributed by atoms with Crippen LogP contribution in [0.15, 0.2) is 10.4 Å². The van der Waals surface area contributed by atoms with E-state index < -0.39 is 10.0 Å². The Morgan fingerprint density at radius 2 is 2.31 bits per heavy atom. The maximum absolute atomic E-state index is 12.0. The highest BCUT2D eigenvalue weighted by Gasteiger charge is 2.29. The van der Waals surface area contributed by atoms with Crippen molar-refractivity contribution in [1.29, 1.82) is 0 Å². The zero-order valence-corrected chi connectivity index (χ0v) is 10.6. The molecule has 1 aliphatic carbocycles. The molecule has 1 heterocycles. The Labute approximate surface area is 99.1 Å². The summed E-state index contributed by atoms with van der Waals surface area (Å²) >= 11 is 1.18. The van der Waals surface area contributed by atoms with Gasteiger partial charge in [-0.3, -0.25) is 0 Å². The van der Waals surface area contributed by atoms with E-state index in [-0.39, 0.29) is 16.3 Å². The summed E-state index contributed by atoms with van der Waals surface area (Å²) in [5.74, 6) is 0. The molecule has 2 atom stereocenters. The van der Waals surface area contributed by atoms with E-state index in [1.54, 1.807) is 6.92 Å². The number of nitrogens with zero attached hydrogens (tertiary/aromatic N) is 1. The number of rotatable bonds is 3. The summed E-state index contributed by atoms with van der Waals surface area (Å²) in [4.78, 5) is 3.94. The molecule has 7 heteroatoms. The summed E-state index contributed by atoms with van der Waals surface area (Å²) in [6, 6.07) is -0.198. The van der Waals surface area contributed by atoms with Gasteiger partial charge in [0.15, 0.2) is 4.21 Å². The van der Waals surface area contributed by atoms with E-state index in [1.807, 2.05) is 0 Å². The molecule has 2 rings (SSSR count). The molecular formula is C9H15N3O2S2. The van der Waals surface area contributed by atoms with Crippen molar-refractivity contribution in [3.8, 4) is 0 Å². The minimum Gasteiger partial charge on any atom is -0.326 e. The van der Waals surface area contributed by atoms with Crippen molar-refractivity contribution in [2.45, 2.75) is 42.5 Å². The standard InChI is InChI=1S/C9H15N3O2S2/c1-6-11-5-9(15-6)16(13,14)12-8-4-2-3-7(8)10/h5,7-8,12H,2-4,10H2,1H3. The molecule has 2 unspecified atom stereocenters. The zero-order chi connectivity index (χ0) is 11.8. The van der Waals surface area contributed by atoms with Gasteiger partial charge in [-0.2, -0.15) is 0 Å². The zero-order valence-electron chi connectivity index (χ0n) is 9.01. The van der Waals surface area contributed by atoms with Crippen molar-refractivity contribution in [1.82, 2.24) is 9.71 Å². The Balaban J connectivity index is 2.14. The normalized spacial score (nSPS) is 26.1. The lowest BCUT2D eigenvalue weighted by molar-refractivity contribution is 0.523. The lowest BCUT2D eigenvalue weighted by Gasteiger charge is -2.16. The predicted octanol–water partition coefficient (Wildman–Crippen LogP) is 0.610. The van der Waals surface area contributed by atoms with Crippen molar-refractivity contribution < 1.29 is 8.42 Å². The first kappa shape index (κ1) is 12.0. The van der Waals surface area contributed by atoms with E-state index in [4.69, 9.17) is 5.73 Å². The van der Waals surface area contributed by atoms with Gasteiger partial charge in [0.1, 0.15) is 0 Å². The van der Waals surface area contributed by atoms with Crippen molar-refractivity contribution >= 4 is 21.4 Å². The summed E-state index contributed by atoms with van der Waals surface area (Å²) in [5, 5.41) is 0.746. The summed E-state index contributed by atoms with van der Waals surface area (Å²) < 4.78 is 26.8. The molecule has 16 heavy (non-hydrogen) atoms. The van der Waals surface area contributed by atoms with Crippen LogP contribution in [0.3, 0.4) is 0 Å². The van der Waals surface area contributed by atoms with E-state index in [2.05, 4.69) is 9.71 Å². The lowest BCUT2D eigenvalue weighted by atomic mass is 10.2. The molecule has 0 bridgehead atoms. The highest BCUT2D eigenvalue weighted by atomic mass is 32.2. The monoisotopic (exact) mass is 261 g/mol. The summed E-state index contributed by atoms with van der Waals surface area (Å²) in [7, 11) is -3.43. The third kappa shape index (κ3) is 2.42. The molecule has 0 spiro atoms. The van der Waals surface area contributed by atoms with Crippen LogP contribution in [0.25, 0.3) is 0 Å². The van der Waals surface area contributed by atoms with Gasteiger partial charge in [-0.05, 0) is 19.8 Å². The predicted molar refractivity (Wildman–Crippen MR) is 62.8 cm³/mol. The number of nitrogens with two attached hydrogens (primary N) is 1. The first-order valence-electron chi connectivity index (χ1n) is 5.19. The fraction of sp³-hybridized carbons (Fsp3) is 0.667. The molecule has 1 aliphatic rings. The molecule has 0 saturated heterocycles. The lowest BCUT2D eigenvalue weighted by Crippen LogP contribution is -2.43. The van der Waals surface area contributed by atoms with E-state index in [1.165, 1.54) is 17.5 Å². The van der Waals surface area contributed by atoms with E-state index in [0.717, 1.165) is 24.3 Å². The van der Waals surface area contributed by atoms with Crippen LogP contribution in [-0.4, -0.2) is 25.5 Å². The number of sulfonamides is 1. The smallest absolute Gasteiger partial charge is 0.251 e. The molecular weight excluding hydrogens is 246 g/mol. The van der Waals surface area contributed by atoms with Gasteiger partial charge < -0.3 is 5.73 Å². The third-order valence-corrected chi connectivity index (χ3v) is 5.60. The summed E-state index contributed by atoms with van der Waals surface area (Å²) in [6.07, 6.45) is 4.08. The van der Waals surface area contributed by atoms with E-state index in [9.17, 15) is 8.42 Å². The molecule has 0 aliphatic heterocycles. The SMILES string of the molecule is Cc1ncc(S(=O)(=O)NC2CCCC2N)s1.